The summed E-state index contributed by atoms with van der Waals surface area (Å²) >= 11 is 0. The van der Waals surface area contributed by atoms with Crippen LogP contribution in [0, 0.1) is 0 Å². The van der Waals surface area contributed by atoms with Crippen LogP contribution in [0.4, 0.5) is 5.82 Å². The van der Waals surface area contributed by atoms with Crippen molar-refractivity contribution in [2.75, 3.05) is 46.2 Å². The lowest BCUT2D eigenvalue weighted by Gasteiger charge is -2.14. The highest BCUT2D eigenvalue weighted by molar-refractivity contribution is 5.54. The van der Waals surface area contributed by atoms with Gasteiger partial charge in [0.15, 0.2) is 5.82 Å². The lowest BCUT2D eigenvalue weighted by Crippen LogP contribution is -2.20. The highest BCUT2D eigenvalue weighted by Crippen LogP contribution is 2.30. The molecular formula is C11H20N4O2. The van der Waals surface area contributed by atoms with Crippen molar-refractivity contribution in [3.05, 3.63) is 6.33 Å². The first kappa shape index (κ1) is 13.5. The number of nitrogens with one attached hydrogen (secondary N) is 1. The van der Waals surface area contributed by atoms with Crippen molar-refractivity contribution in [3.63, 3.8) is 0 Å². The second kappa shape index (κ2) is 6.90. The summed E-state index contributed by atoms with van der Waals surface area (Å²) in [4.78, 5) is 10.2. The Morgan fingerprint density at radius 3 is 2.71 bits per heavy atom. The van der Waals surface area contributed by atoms with Crippen LogP contribution in [0.3, 0.4) is 0 Å². The van der Waals surface area contributed by atoms with Gasteiger partial charge in [-0.05, 0) is 21.0 Å². The van der Waals surface area contributed by atoms with E-state index >= 15 is 0 Å². The number of methoxy groups -OCH3 is 1. The van der Waals surface area contributed by atoms with Crippen LogP contribution in [0.15, 0.2) is 6.33 Å². The fourth-order valence-corrected chi connectivity index (χ4v) is 1.26. The third kappa shape index (κ3) is 4.07. The molecule has 6 heteroatoms. The van der Waals surface area contributed by atoms with Gasteiger partial charge in [-0.15, -0.1) is 0 Å². The van der Waals surface area contributed by atoms with Crippen LogP contribution >= 0.6 is 0 Å². The van der Waals surface area contributed by atoms with Gasteiger partial charge in [0.2, 0.25) is 5.75 Å². The molecule has 6 nitrogen and oxygen atoms in total. The van der Waals surface area contributed by atoms with Gasteiger partial charge in [0.1, 0.15) is 12.9 Å². The molecule has 0 spiro atoms. The molecule has 0 aliphatic carbocycles. The zero-order valence-electron chi connectivity index (χ0n) is 10.9. The van der Waals surface area contributed by atoms with Gasteiger partial charge >= 0.3 is 0 Å². The molecule has 0 unspecified atom stereocenters. The quantitative estimate of drug-likeness (QED) is 0.762. The summed E-state index contributed by atoms with van der Waals surface area (Å²) in [6.07, 6.45) is 1.46. The first-order chi connectivity index (χ1) is 8.19. The molecule has 1 N–H and O–H groups in total. The molecule has 0 bridgehead atoms. The van der Waals surface area contributed by atoms with Crippen molar-refractivity contribution < 1.29 is 9.47 Å². The van der Waals surface area contributed by atoms with Crippen LogP contribution < -0.4 is 14.8 Å². The molecule has 1 heterocycles. The number of ether oxygens (including phenoxy) is 2. The lowest BCUT2D eigenvalue weighted by molar-refractivity contribution is 0.242. The molecule has 0 saturated carbocycles. The van der Waals surface area contributed by atoms with Crippen LogP contribution in [0.1, 0.15) is 6.92 Å². The second-order valence-electron chi connectivity index (χ2n) is 3.74. The summed E-state index contributed by atoms with van der Waals surface area (Å²) in [5.41, 5.74) is 0. The Labute approximate surface area is 102 Å². The van der Waals surface area contributed by atoms with Gasteiger partial charge in [-0.25, -0.2) is 4.98 Å². The van der Waals surface area contributed by atoms with Crippen LogP contribution in [0.5, 0.6) is 11.6 Å². The molecule has 1 aromatic heterocycles. The summed E-state index contributed by atoms with van der Waals surface area (Å²) in [7, 11) is 5.56. The normalized spacial score (nSPS) is 10.4. The second-order valence-corrected chi connectivity index (χ2v) is 3.74. The van der Waals surface area contributed by atoms with Crippen molar-refractivity contribution in [3.8, 4) is 11.6 Å². The maximum absolute atomic E-state index is 5.57. The molecule has 96 valence electrons. The molecule has 0 saturated heterocycles. The SMILES string of the molecule is CCNc1ncnc(OCCN(C)C)c1OC. The predicted octanol–water partition coefficient (Wildman–Crippen LogP) is 0.857. The van der Waals surface area contributed by atoms with Gasteiger partial charge in [-0.2, -0.15) is 4.98 Å². The van der Waals surface area contributed by atoms with Gasteiger partial charge in [-0.1, -0.05) is 0 Å². The Kier molecular flexibility index (Phi) is 5.48. The zero-order valence-corrected chi connectivity index (χ0v) is 10.9. The predicted molar refractivity (Wildman–Crippen MR) is 66.8 cm³/mol. The molecule has 0 aliphatic rings. The van der Waals surface area contributed by atoms with Crippen LogP contribution in [0.2, 0.25) is 0 Å². The van der Waals surface area contributed by atoms with Crippen LogP contribution in [0.25, 0.3) is 0 Å². The Hall–Kier alpha value is -1.56. The molecule has 0 fully saturated rings. The average molecular weight is 240 g/mol. The minimum absolute atomic E-state index is 0.473. The molecule has 0 aromatic carbocycles. The smallest absolute Gasteiger partial charge is 0.262 e. The summed E-state index contributed by atoms with van der Waals surface area (Å²) in [6, 6.07) is 0. The van der Waals surface area contributed by atoms with Gasteiger partial charge in [0.25, 0.3) is 5.88 Å². The van der Waals surface area contributed by atoms with Crippen molar-refractivity contribution in [1.29, 1.82) is 0 Å². The Morgan fingerprint density at radius 2 is 2.12 bits per heavy atom. The van der Waals surface area contributed by atoms with Gasteiger partial charge < -0.3 is 19.7 Å². The molecule has 1 rings (SSSR count). The minimum atomic E-state index is 0.473. The standard InChI is InChI=1S/C11H20N4O2/c1-5-12-10-9(16-4)11(14-8-13-10)17-7-6-15(2)3/h8H,5-7H2,1-4H3,(H,12,13,14). The number of anilines is 1. The Bertz CT molecular complexity index is 344. The van der Waals surface area contributed by atoms with E-state index in [1.165, 1.54) is 6.33 Å². The van der Waals surface area contributed by atoms with Crippen LogP contribution in [-0.2, 0) is 0 Å². The van der Waals surface area contributed by atoms with E-state index in [-0.39, 0.29) is 0 Å². The first-order valence-electron chi connectivity index (χ1n) is 5.59. The number of rotatable bonds is 7. The number of hydrogen-bond acceptors (Lipinski definition) is 6. The maximum atomic E-state index is 5.57. The Morgan fingerprint density at radius 1 is 1.35 bits per heavy atom. The lowest BCUT2D eigenvalue weighted by atomic mass is 10.5. The van der Waals surface area contributed by atoms with Crippen molar-refractivity contribution in [2.45, 2.75) is 6.92 Å². The number of hydrogen-bond donors (Lipinski definition) is 1. The monoisotopic (exact) mass is 240 g/mol. The zero-order chi connectivity index (χ0) is 12.7. The highest BCUT2D eigenvalue weighted by Gasteiger charge is 2.12. The maximum Gasteiger partial charge on any atom is 0.262 e. The fourth-order valence-electron chi connectivity index (χ4n) is 1.26. The fraction of sp³-hybridized carbons (Fsp3) is 0.636. The highest BCUT2D eigenvalue weighted by atomic mass is 16.5. The van der Waals surface area contributed by atoms with E-state index in [1.54, 1.807) is 7.11 Å². The number of nitrogens with zero attached hydrogens (tertiary/aromatic N) is 3. The molecule has 0 radical (unpaired) electrons. The molecule has 17 heavy (non-hydrogen) atoms. The van der Waals surface area contributed by atoms with Crippen LogP contribution in [-0.4, -0.2) is 55.8 Å². The van der Waals surface area contributed by atoms with E-state index in [2.05, 4.69) is 15.3 Å². The molecular weight excluding hydrogens is 220 g/mol. The molecule has 0 amide bonds. The van der Waals surface area contributed by atoms with Gasteiger partial charge in [0.05, 0.1) is 7.11 Å². The van der Waals surface area contributed by atoms with Crippen molar-refractivity contribution in [2.24, 2.45) is 0 Å². The van der Waals surface area contributed by atoms with E-state index in [0.29, 0.717) is 24.1 Å². The number of likely N-dealkylation sites (N-methyl/N-ethyl adjacent to an activating group) is 1. The average Bonchev–Trinajstić information content (AvgIpc) is 2.29. The topological polar surface area (TPSA) is 59.5 Å². The Balaban J connectivity index is 2.73. The molecule has 1 aromatic rings. The summed E-state index contributed by atoms with van der Waals surface area (Å²) in [5, 5.41) is 3.10. The summed E-state index contributed by atoms with van der Waals surface area (Å²) < 4.78 is 10.8. The minimum Gasteiger partial charge on any atom is -0.489 e. The van der Waals surface area contributed by atoms with Crippen molar-refractivity contribution >= 4 is 5.82 Å². The van der Waals surface area contributed by atoms with E-state index in [0.717, 1.165) is 13.1 Å². The van der Waals surface area contributed by atoms with Crippen molar-refractivity contribution in [1.82, 2.24) is 14.9 Å². The third-order valence-electron chi connectivity index (χ3n) is 2.10. The molecule has 0 aliphatic heterocycles. The molecule has 0 atom stereocenters. The number of aromatic nitrogens is 2. The first-order valence-corrected chi connectivity index (χ1v) is 5.59. The van der Waals surface area contributed by atoms with E-state index in [9.17, 15) is 0 Å². The largest absolute Gasteiger partial charge is 0.489 e. The van der Waals surface area contributed by atoms with Gasteiger partial charge in [-0.3, -0.25) is 0 Å². The summed E-state index contributed by atoms with van der Waals surface area (Å²) in [5.74, 6) is 1.68. The third-order valence-corrected chi connectivity index (χ3v) is 2.10. The van der Waals surface area contributed by atoms with E-state index < -0.39 is 0 Å². The van der Waals surface area contributed by atoms with Gasteiger partial charge in [0, 0.05) is 13.1 Å². The van der Waals surface area contributed by atoms with E-state index in [1.807, 2.05) is 25.9 Å². The summed E-state index contributed by atoms with van der Waals surface area (Å²) in [6.45, 7) is 4.15. The van der Waals surface area contributed by atoms with E-state index in [4.69, 9.17) is 9.47 Å².